The van der Waals surface area contributed by atoms with Gasteiger partial charge in [-0.1, -0.05) is 0 Å². The molecule has 0 saturated carbocycles. The molecule has 0 unspecified atom stereocenters. The van der Waals surface area contributed by atoms with Crippen molar-refractivity contribution >= 4 is 17.9 Å². The lowest BCUT2D eigenvalue weighted by Crippen LogP contribution is -2.18. The van der Waals surface area contributed by atoms with Crippen LogP contribution in [0.4, 0.5) is 0 Å². The molecule has 0 radical (unpaired) electrons. The highest BCUT2D eigenvalue weighted by atomic mass is 16.6. The summed E-state index contributed by atoms with van der Waals surface area (Å²) in [5, 5.41) is 8.64. The summed E-state index contributed by atoms with van der Waals surface area (Å²) in [7, 11) is 2.74. The molecule has 1 rings (SSSR count). The van der Waals surface area contributed by atoms with Crippen molar-refractivity contribution in [1.29, 1.82) is 0 Å². The molecule has 0 aliphatic rings. The molecule has 0 saturated heterocycles. The summed E-state index contributed by atoms with van der Waals surface area (Å²) in [5.74, 6) is -1.98. The van der Waals surface area contributed by atoms with E-state index in [1.807, 2.05) is 0 Å². The quantitative estimate of drug-likeness (QED) is 0.213. The second-order valence-electron chi connectivity index (χ2n) is 5.82. The second-order valence-corrected chi connectivity index (χ2v) is 5.82. The molecular weight excluding hydrogens is 416 g/mol. The lowest BCUT2D eigenvalue weighted by Gasteiger charge is -2.11. The first kappa shape index (κ1) is 26.3. The standard InChI is InChI=1S/C20H28O11/c1-25-5-6-28-7-9-29-18(22)14-31-17-12-15(19(23)26-2)11-16(13-17)20(24)30-10-8-27-4-3-21/h11-13,21H,3-10,14H2,1-2H3. The van der Waals surface area contributed by atoms with Crippen LogP contribution in [0.3, 0.4) is 0 Å². The largest absolute Gasteiger partial charge is 0.482 e. The Kier molecular flexibility index (Phi) is 13.6. The third-order valence-corrected chi connectivity index (χ3v) is 3.54. The van der Waals surface area contributed by atoms with Gasteiger partial charge in [0.2, 0.25) is 0 Å². The molecule has 11 nitrogen and oxygen atoms in total. The minimum absolute atomic E-state index is 0.0277. The zero-order chi connectivity index (χ0) is 22.9. The number of hydrogen-bond acceptors (Lipinski definition) is 11. The monoisotopic (exact) mass is 444 g/mol. The van der Waals surface area contributed by atoms with Crippen molar-refractivity contribution in [3.63, 3.8) is 0 Å². The van der Waals surface area contributed by atoms with Crippen LogP contribution in [-0.2, 0) is 33.2 Å². The zero-order valence-corrected chi connectivity index (χ0v) is 17.6. The Hall–Kier alpha value is -2.73. The van der Waals surface area contributed by atoms with E-state index in [9.17, 15) is 14.4 Å². The van der Waals surface area contributed by atoms with Gasteiger partial charge in [-0.2, -0.15) is 0 Å². The minimum atomic E-state index is -0.723. The van der Waals surface area contributed by atoms with Crippen LogP contribution in [0.5, 0.6) is 5.75 Å². The maximum atomic E-state index is 12.2. The van der Waals surface area contributed by atoms with Crippen LogP contribution in [0.15, 0.2) is 18.2 Å². The average molecular weight is 444 g/mol. The van der Waals surface area contributed by atoms with Gasteiger partial charge < -0.3 is 38.3 Å². The Morgan fingerprint density at radius 1 is 0.774 bits per heavy atom. The molecule has 174 valence electrons. The second kappa shape index (κ2) is 16.0. The summed E-state index contributed by atoms with van der Waals surface area (Å²) >= 11 is 0. The van der Waals surface area contributed by atoms with Gasteiger partial charge in [-0.3, -0.25) is 0 Å². The smallest absolute Gasteiger partial charge is 0.344 e. The molecule has 1 aromatic carbocycles. The minimum Gasteiger partial charge on any atom is -0.482 e. The number of benzene rings is 1. The van der Waals surface area contributed by atoms with Crippen molar-refractivity contribution in [1.82, 2.24) is 0 Å². The molecule has 0 atom stereocenters. The van der Waals surface area contributed by atoms with E-state index in [0.717, 1.165) is 0 Å². The van der Waals surface area contributed by atoms with E-state index in [2.05, 4.69) is 4.74 Å². The van der Waals surface area contributed by atoms with Crippen LogP contribution < -0.4 is 4.74 Å². The Bertz CT molecular complexity index is 690. The molecule has 0 aromatic heterocycles. The predicted molar refractivity (Wildman–Crippen MR) is 105 cm³/mol. The highest BCUT2D eigenvalue weighted by Crippen LogP contribution is 2.19. The number of rotatable bonds is 16. The zero-order valence-electron chi connectivity index (χ0n) is 17.6. The third-order valence-electron chi connectivity index (χ3n) is 3.54. The van der Waals surface area contributed by atoms with Gasteiger partial charge >= 0.3 is 17.9 Å². The first-order chi connectivity index (χ1) is 15.0. The summed E-state index contributed by atoms with van der Waals surface area (Å²) in [6, 6.07) is 3.93. The van der Waals surface area contributed by atoms with Crippen LogP contribution in [0, 0.1) is 0 Å². The summed E-state index contributed by atoms with van der Waals surface area (Å²) in [5.41, 5.74) is 0.0726. The van der Waals surface area contributed by atoms with E-state index in [4.69, 9.17) is 33.5 Å². The van der Waals surface area contributed by atoms with Crippen molar-refractivity contribution in [2.24, 2.45) is 0 Å². The molecule has 0 amide bonds. The highest BCUT2D eigenvalue weighted by molar-refractivity contribution is 5.96. The number of aliphatic hydroxyl groups is 1. The van der Waals surface area contributed by atoms with E-state index < -0.39 is 24.5 Å². The first-order valence-corrected chi connectivity index (χ1v) is 9.46. The average Bonchev–Trinajstić information content (AvgIpc) is 2.78. The molecule has 0 bridgehead atoms. The number of carbonyl (C=O) groups is 3. The molecule has 11 heteroatoms. The van der Waals surface area contributed by atoms with E-state index in [1.165, 1.54) is 25.3 Å². The van der Waals surface area contributed by atoms with Gasteiger partial charge in [0.15, 0.2) is 6.61 Å². The molecule has 0 aliphatic carbocycles. The van der Waals surface area contributed by atoms with Crippen LogP contribution in [-0.4, -0.2) is 96.7 Å². The molecular formula is C20H28O11. The summed E-state index contributed by atoms with van der Waals surface area (Å²) in [6.45, 7) is 0.692. The van der Waals surface area contributed by atoms with Crippen LogP contribution in [0.25, 0.3) is 0 Å². The summed E-state index contributed by atoms with van der Waals surface area (Å²) in [4.78, 5) is 35.9. The summed E-state index contributed by atoms with van der Waals surface area (Å²) < 4.78 is 35.0. The summed E-state index contributed by atoms with van der Waals surface area (Å²) in [6.07, 6.45) is 0. The highest BCUT2D eigenvalue weighted by Gasteiger charge is 2.16. The van der Waals surface area contributed by atoms with Crippen molar-refractivity contribution in [3.05, 3.63) is 29.3 Å². The fourth-order valence-corrected chi connectivity index (χ4v) is 2.12. The number of aliphatic hydroxyl groups excluding tert-OH is 1. The van der Waals surface area contributed by atoms with E-state index in [1.54, 1.807) is 7.11 Å². The van der Waals surface area contributed by atoms with Crippen LogP contribution in [0.1, 0.15) is 20.7 Å². The first-order valence-electron chi connectivity index (χ1n) is 9.46. The fourth-order valence-electron chi connectivity index (χ4n) is 2.12. The van der Waals surface area contributed by atoms with Crippen molar-refractivity contribution in [3.8, 4) is 5.75 Å². The Balaban J connectivity index is 2.62. The Labute approximate surface area is 180 Å². The van der Waals surface area contributed by atoms with Crippen LogP contribution >= 0.6 is 0 Å². The molecule has 0 aliphatic heterocycles. The van der Waals surface area contributed by atoms with E-state index in [0.29, 0.717) is 13.2 Å². The molecule has 1 aromatic rings. The topological polar surface area (TPSA) is 136 Å². The lowest BCUT2D eigenvalue weighted by molar-refractivity contribution is -0.147. The fraction of sp³-hybridized carbons (Fsp3) is 0.550. The van der Waals surface area contributed by atoms with Gasteiger partial charge in [0, 0.05) is 7.11 Å². The number of carbonyl (C=O) groups excluding carboxylic acids is 3. The number of esters is 3. The third kappa shape index (κ3) is 11.3. The lowest BCUT2D eigenvalue weighted by atomic mass is 10.1. The van der Waals surface area contributed by atoms with Gasteiger partial charge in [-0.25, -0.2) is 14.4 Å². The van der Waals surface area contributed by atoms with Gasteiger partial charge in [-0.05, 0) is 18.2 Å². The molecule has 0 heterocycles. The number of ether oxygens (including phenoxy) is 7. The van der Waals surface area contributed by atoms with E-state index >= 15 is 0 Å². The SMILES string of the molecule is COCCOCCOC(=O)COc1cc(C(=O)OC)cc(C(=O)OCCOCCO)c1. The van der Waals surface area contributed by atoms with Gasteiger partial charge in [0.25, 0.3) is 0 Å². The van der Waals surface area contributed by atoms with Crippen molar-refractivity contribution < 1.29 is 52.6 Å². The van der Waals surface area contributed by atoms with Crippen LogP contribution in [0.2, 0.25) is 0 Å². The van der Waals surface area contributed by atoms with Crippen molar-refractivity contribution in [2.45, 2.75) is 0 Å². The van der Waals surface area contributed by atoms with Gasteiger partial charge in [0.05, 0.1) is 57.9 Å². The van der Waals surface area contributed by atoms with Gasteiger partial charge in [0.1, 0.15) is 19.0 Å². The number of methoxy groups -OCH3 is 2. The van der Waals surface area contributed by atoms with Crippen molar-refractivity contribution in [2.75, 3.05) is 73.7 Å². The normalized spacial score (nSPS) is 10.4. The molecule has 31 heavy (non-hydrogen) atoms. The van der Waals surface area contributed by atoms with E-state index in [-0.39, 0.29) is 56.5 Å². The molecule has 0 spiro atoms. The number of hydrogen-bond donors (Lipinski definition) is 1. The molecule has 0 fully saturated rings. The maximum Gasteiger partial charge on any atom is 0.344 e. The van der Waals surface area contributed by atoms with Gasteiger partial charge in [-0.15, -0.1) is 0 Å². The Morgan fingerprint density at radius 2 is 1.39 bits per heavy atom. The predicted octanol–water partition coefficient (Wildman–Crippen LogP) is 0.224. The maximum absolute atomic E-state index is 12.2. The Morgan fingerprint density at radius 3 is 2.03 bits per heavy atom. The molecule has 1 N–H and O–H groups in total.